The second-order valence-electron chi connectivity index (χ2n) is 5.02. The van der Waals surface area contributed by atoms with Crippen molar-refractivity contribution < 1.29 is 109 Å². The molecule has 22 heteroatoms. The molecule has 0 aromatic heterocycles. The first-order valence-corrected chi connectivity index (χ1v) is 10.1. The highest BCUT2D eigenvalue weighted by Gasteiger charge is 2.87. The fraction of sp³-hybridized carbons (Fsp3) is 0.455. The molecule has 0 bridgehead atoms. The normalized spacial score (nSPS) is 14.1. The fourth-order valence-corrected chi connectivity index (χ4v) is 3.50. The van der Waals surface area contributed by atoms with E-state index in [0.717, 1.165) is 0 Å². The van der Waals surface area contributed by atoms with Crippen molar-refractivity contribution in [2.45, 2.75) is 27.5 Å². The van der Waals surface area contributed by atoms with Crippen LogP contribution in [0.1, 0.15) is 0 Å². The molecular weight excluding hydrogens is 662 g/mol. The van der Waals surface area contributed by atoms with E-state index in [1.807, 2.05) is 0 Å². The van der Waals surface area contributed by atoms with Crippen molar-refractivity contribution in [3.8, 4) is 0 Å². The van der Waals surface area contributed by atoms with Gasteiger partial charge in [-0.25, -0.2) is 21.6 Å². The lowest BCUT2D eigenvalue weighted by atomic mass is 10.2. The van der Waals surface area contributed by atoms with Crippen LogP contribution in [0.2, 0.25) is 0 Å². The molecule has 194 valence electrons. The van der Waals surface area contributed by atoms with Gasteiger partial charge in [0.15, 0.2) is 10.1 Å². The highest BCUT2D eigenvalue weighted by molar-refractivity contribution is 7.86. The summed E-state index contributed by atoms with van der Waals surface area (Å²) in [7, 11) is -6.09. The number of hydrogen-bond donors (Lipinski definition) is 0. The number of rotatable bonds is 4. The quantitative estimate of drug-likeness (QED) is 0.0946. The molecule has 0 heterocycles. The van der Waals surface area contributed by atoms with Crippen molar-refractivity contribution in [3.05, 3.63) is 32.7 Å². The lowest BCUT2D eigenvalue weighted by Gasteiger charge is -2.28. The Kier molecular flexibility index (Phi) is 9.00. The topological polar surface area (TPSA) is 57.2 Å². The second kappa shape index (κ2) is 9.37. The Balaban J connectivity index is 0.00000109. The SMILES string of the molecule is Fc1c(F)c(F)c([I+]C(F)(F)C(F)(F)C(F)(F)C(F)(F)F)c(F)c1F.O=S(=O)([O-])C(F)(F)F. The Morgan fingerprint density at radius 1 is 0.576 bits per heavy atom. The maximum absolute atomic E-state index is 13.3. The molecule has 1 aromatic rings. The zero-order valence-electron chi connectivity index (χ0n) is 13.9. The summed E-state index contributed by atoms with van der Waals surface area (Å²) in [6, 6.07) is 0. The minimum atomic E-state index is -7.34. The lowest BCUT2D eigenvalue weighted by molar-refractivity contribution is -0.794. The van der Waals surface area contributed by atoms with E-state index in [1.54, 1.807) is 0 Å². The molecule has 0 radical (unpaired) electrons. The van der Waals surface area contributed by atoms with Gasteiger partial charge in [-0.15, -0.1) is 0 Å². The Labute approximate surface area is 179 Å². The Morgan fingerprint density at radius 2 is 0.848 bits per heavy atom. The van der Waals surface area contributed by atoms with Crippen molar-refractivity contribution in [1.29, 1.82) is 0 Å². The van der Waals surface area contributed by atoms with E-state index in [4.69, 9.17) is 13.0 Å². The van der Waals surface area contributed by atoms with Gasteiger partial charge >= 0.3 is 48.7 Å². The van der Waals surface area contributed by atoms with Gasteiger partial charge in [0.25, 0.3) is 3.57 Å². The minimum absolute atomic E-state index is 2.57. The van der Waals surface area contributed by atoms with Crippen LogP contribution in [0.25, 0.3) is 0 Å². The average Bonchev–Trinajstić information content (AvgIpc) is 2.59. The molecule has 1 rings (SSSR count). The van der Waals surface area contributed by atoms with Gasteiger partial charge in [-0.3, -0.25) is 0 Å². The van der Waals surface area contributed by atoms with Gasteiger partial charge in [0.05, 0.1) is 0 Å². The zero-order valence-corrected chi connectivity index (χ0v) is 16.9. The number of halogens is 18. The minimum Gasteiger partial charge on any atom is -0.741 e. The molecule has 0 N–H and O–H groups in total. The molecule has 1 aromatic carbocycles. The first-order chi connectivity index (χ1) is 14.1. The van der Waals surface area contributed by atoms with E-state index in [9.17, 15) is 74.6 Å². The van der Waals surface area contributed by atoms with Gasteiger partial charge in [0.1, 0.15) is 0 Å². The van der Waals surface area contributed by atoms with Gasteiger partial charge in [-0.05, 0) is 0 Å². The molecule has 0 unspecified atom stereocenters. The first kappa shape index (κ1) is 31.7. The number of alkyl halides is 13. The molecule has 0 saturated carbocycles. The Bertz CT molecular complexity index is 952. The lowest BCUT2D eigenvalue weighted by Crippen LogP contribution is -3.68. The van der Waals surface area contributed by atoms with Gasteiger partial charge in [-0.1, -0.05) is 0 Å². The summed E-state index contributed by atoms with van der Waals surface area (Å²) in [6.45, 7) is 0. The average molecular weight is 662 g/mol. The molecule has 0 atom stereocenters. The van der Waals surface area contributed by atoms with Crippen LogP contribution in [0.3, 0.4) is 0 Å². The molecule has 0 aliphatic heterocycles. The summed E-state index contributed by atoms with van der Waals surface area (Å²) >= 11 is -4.57. The van der Waals surface area contributed by atoms with E-state index in [1.165, 1.54) is 0 Å². The molecule has 0 spiro atoms. The summed E-state index contributed by atoms with van der Waals surface area (Å²) in [5.74, 6) is -29.2. The van der Waals surface area contributed by atoms with Crippen molar-refractivity contribution in [2.24, 2.45) is 0 Å². The standard InChI is InChI=1S/C10F14I.CHF3O3S/c11-1-2(12)4(14)6(5(15)3(1)13)25-10(23,24)8(18,19)7(16,17)9(20,21)22;2-1(3,4)8(5,6)7/h;(H,5,6,7)/q+1;/p-1. The summed E-state index contributed by atoms with van der Waals surface area (Å²) < 4.78 is 228. The summed E-state index contributed by atoms with van der Waals surface area (Å²) in [4.78, 5) is 0. The summed E-state index contributed by atoms with van der Waals surface area (Å²) in [5.41, 5.74) is -5.65. The van der Waals surface area contributed by atoms with E-state index < -0.39 is 91.4 Å². The van der Waals surface area contributed by atoms with Crippen LogP contribution >= 0.6 is 0 Å². The third-order valence-corrected chi connectivity index (χ3v) is 6.17. The molecule has 3 nitrogen and oxygen atoms in total. The van der Waals surface area contributed by atoms with Crippen molar-refractivity contribution in [2.75, 3.05) is 0 Å². The number of benzene rings is 1. The molecule has 0 aliphatic rings. The Hall–Kier alpha value is -1.33. The van der Waals surface area contributed by atoms with Crippen molar-refractivity contribution in [1.82, 2.24) is 0 Å². The van der Waals surface area contributed by atoms with Crippen LogP contribution < -0.4 is 21.2 Å². The zero-order chi connectivity index (χ0) is 27.2. The Morgan fingerprint density at radius 3 is 1.09 bits per heavy atom. The van der Waals surface area contributed by atoms with Crippen LogP contribution in [0, 0.1) is 32.7 Å². The van der Waals surface area contributed by atoms with Crippen LogP contribution in [-0.2, 0) is 10.1 Å². The summed E-state index contributed by atoms with van der Waals surface area (Å²) in [6.07, 6.45) is -7.18. The van der Waals surface area contributed by atoms with Gasteiger partial charge in [-0.2, -0.15) is 61.5 Å². The maximum atomic E-state index is 13.3. The highest BCUT2D eigenvalue weighted by Crippen LogP contribution is 2.50. The number of hydrogen-bond acceptors (Lipinski definition) is 3. The molecular formula is C11F17IO3S. The maximum Gasteiger partial charge on any atom is 0.517 e. The van der Waals surface area contributed by atoms with E-state index in [-0.39, 0.29) is 0 Å². The fourth-order valence-electron chi connectivity index (χ4n) is 1.20. The highest BCUT2D eigenvalue weighted by atomic mass is 127. The molecule has 0 saturated heterocycles. The molecule has 0 aliphatic carbocycles. The van der Waals surface area contributed by atoms with Crippen LogP contribution in [-0.4, -0.2) is 40.4 Å². The summed E-state index contributed by atoms with van der Waals surface area (Å²) in [5, 5.41) is 0. The first-order valence-electron chi connectivity index (χ1n) is 6.54. The smallest absolute Gasteiger partial charge is 0.517 e. The van der Waals surface area contributed by atoms with Crippen LogP contribution in [0.15, 0.2) is 0 Å². The predicted octanol–water partition coefficient (Wildman–Crippen LogP) is 2.12. The van der Waals surface area contributed by atoms with E-state index in [0.29, 0.717) is 0 Å². The largest absolute Gasteiger partial charge is 0.741 e. The molecule has 0 amide bonds. The van der Waals surface area contributed by atoms with Crippen LogP contribution in [0.5, 0.6) is 0 Å². The van der Waals surface area contributed by atoms with Crippen molar-refractivity contribution >= 4 is 10.1 Å². The second-order valence-corrected chi connectivity index (χ2v) is 9.37. The molecule has 0 fully saturated rings. The van der Waals surface area contributed by atoms with E-state index >= 15 is 0 Å². The van der Waals surface area contributed by atoms with E-state index in [2.05, 4.69) is 0 Å². The predicted molar refractivity (Wildman–Crippen MR) is 61.6 cm³/mol. The van der Waals surface area contributed by atoms with Gasteiger partial charge < -0.3 is 4.55 Å². The monoisotopic (exact) mass is 662 g/mol. The van der Waals surface area contributed by atoms with Gasteiger partial charge in [0, 0.05) is 0 Å². The third kappa shape index (κ3) is 6.22. The molecule has 33 heavy (non-hydrogen) atoms. The van der Waals surface area contributed by atoms with Crippen molar-refractivity contribution in [3.63, 3.8) is 0 Å². The van der Waals surface area contributed by atoms with Crippen LogP contribution in [0.4, 0.5) is 74.6 Å². The third-order valence-electron chi connectivity index (χ3n) is 2.76. The van der Waals surface area contributed by atoms with Gasteiger partial charge in [0.2, 0.25) is 29.1 Å².